The van der Waals surface area contributed by atoms with E-state index < -0.39 is 17.3 Å². The smallest absolute Gasteiger partial charge is 0.315 e. The molecule has 0 spiro atoms. The topological polar surface area (TPSA) is 49.8 Å². The molecule has 2 aromatic carbocycles. The van der Waals surface area contributed by atoms with Crippen molar-refractivity contribution in [1.29, 1.82) is 0 Å². The Labute approximate surface area is 139 Å². The van der Waals surface area contributed by atoms with Crippen LogP contribution >= 0.6 is 0 Å². The van der Waals surface area contributed by atoms with E-state index in [9.17, 15) is 14.3 Å². The first-order valence-corrected chi connectivity index (χ1v) is 8.01. The molecule has 0 aliphatic carbocycles. The molecular formula is C19H18FNO3. The standard InChI is InChI=1S/C19H18FNO3/c20-15-7-4-8-16-17(15)14-10-21(9-13-5-2-1-3-6-13)11-19(14,12-24-16)18(22)23/h1-8,14H,9-12H2,(H,22,23)/t14-,19+/m1/s1. The highest BCUT2D eigenvalue weighted by molar-refractivity contribution is 5.78. The number of fused-ring (bicyclic) bond motifs is 3. The zero-order valence-corrected chi connectivity index (χ0v) is 13.1. The molecule has 24 heavy (non-hydrogen) atoms. The molecule has 1 N–H and O–H groups in total. The van der Waals surface area contributed by atoms with Gasteiger partial charge in [-0.3, -0.25) is 9.69 Å². The van der Waals surface area contributed by atoms with Gasteiger partial charge in [0.15, 0.2) is 0 Å². The molecule has 124 valence electrons. The molecule has 2 aliphatic rings. The number of nitrogens with zero attached hydrogens (tertiary/aromatic N) is 1. The molecule has 0 bridgehead atoms. The predicted octanol–water partition coefficient (Wildman–Crippen LogP) is 2.89. The molecule has 0 amide bonds. The summed E-state index contributed by atoms with van der Waals surface area (Å²) in [6, 6.07) is 14.6. The van der Waals surface area contributed by atoms with Crippen LogP contribution in [-0.2, 0) is 11.3 Å². The minimum Gasteiger partial charge on any atom is -0.492 e. The Hall–Kier alpha value is -2.40. The SMILES string of the molecule is O=C(O)[C@@]12COc3cccc(F)c3[C@H]1CN(Cc1ccccc1)C2. The number of halogens is 1. The van der Waals surface area contributed by atoms with E-state index in [2.05, 4.69) is 4.90 Å². The fourth-order valence-electron chi connectivity index (χ4n) is 3.95. The van der Waals surface area contributed by atoms with Crippen LogP contribution in [0.1, 0.15) is 17.0 Å². The average Bonchev–Trinajstić information content (AvgIpc) is 2.95. The number of hydrogen-bond acceptors (Lipinski definition) is 3. The number of hydrogen-bond donors (Lipinski definition) is 1. The van der Waals surface area contributed by atoms with E-state index in [0.717, 1.165) is 5.56 Å². The van der Waals surface area contributed by atoms with E-state index in [-0.39, 0.29) is 12.4 Å². The lowest BCUT2D eigenvalue weighted by atomic mass is 9.73. The summed E-state index contributed by atoms with van der Waals surface area (Å²) in [5.74, 6) is -1.23. The summed E-state index contributed by atoms with van der Waals surface area (Å²) in [5, 5.41) is 9.87. The summed E-state index contributed by atoms with van der Waals surface area (Å²) in [6.45, 7) is 1.60. The second-order valence-corrected chi connectivity index (χ2v) is 6.61. The second kappa shape index (κ2) is 5.60. The number of carboxylic acids is 1. The van der Waals surface area contributed by atoms with Crippen LogP contribution in [0.2, 0.25) is 0 Å². The highest BCUT2D eigenvalue weighted by Crippen LogP contribution is 2.50. The van der Waals surface area contributed by atoms with E-state index in [0.29, 0.717) is 30.9 Å². The van der Waals surface area contributed by atoms with Gasteiger partial charge >= 0.3 is 5.97 Å². The monoisotopic (exact) mass is 327 g/mol. The summed E-state index contributed by atoms with van der Waals surface area (Å²) in [4.78, 5) is 14.1. The lowest BCUT2D eigenvalue weighted by Gasteiger charge is -2.36. The van der Waals surface area contributed by atoms with Gasteiger partial charge < -0.3 is 9.84 Å². The van der Waals surface area contributed by atoms with E-state index in [1.165, 1.54) is 6.07 Å². The number of carbonyl (C=O) groups is 1. The quantitative estimate of drug-likeness (QED) is 0.942. The first-order valence-electron chi connectivity index (χ1n) is 8.01. The second-order valence-electron chi connectivity index (χ2n) is 6.61. The fraction of sp³-hybridized carbons (Fsp3) is 0.316. The Morgan fingerprint density at radius 1 is 1.25 bits per heavy atom. The van der Waals surface area contributed by atoms with Crippen LogP contribution in [0.5, 0.6) is 5.75 Å². The summed E-state index contributed by atoms with van der Waals surface area (Å²) in [6.07, 6.45) is 0. The minimum atomic E-state index is -1.09. The Morgan fingerprint density at radius 2 is 2.04 bits per heavy atom. The van der Waals surface area contributed by atoms with Crippen molar-refractivity contribution < 1.29 is 19.0 Å². The third kappa shape index (κ3) is 2.27. The molecule has 2 atom stereocenters. The van der Waals surface area contributed by atoms with Gasteiger partial charge in [0.2, 0.25) is 0 Å². The van der Waals surface area contributed by atoms with Crippen LogP contribution < -0.4 is 4.74 Å². The van der Waals surface area contributed by atoms with Crippen LogP contribution in [-0.4, -0.2) is 35.7 Å². The Bertz CT molecular complexity index is 779. The molecule has 2 aromatic rings. The van der Waals surface area contributed by atoms with Gasteiger partial charge in [0.1, 0.15) is 23.6 Å². The summed E-state index contributed by atoms with van der Waals surface area (Å²) in [7, 11) is 0. The average molecular weight is 327 g/mol. The molecule has 0 aromatic heterocycles. The molecule has 2 aliphatic heterocycles. The first kappa shape index (κ1) is 15.1. The normalized spacial score (nSPS) is 25.6. The fourth-order valence-corrected chi connectivity index (χ4v) is 3.95. The number of aliphatic carboxylic acids is 1. The van der Waals surface area contributed by atoms with Gasteiger partial charge in [-0.05, 0) is 17.7 Å². The highest BCUT2D eigenvalue weighted by Gasteiger charge is 2.57. The zero-order valence-electron chi connectivity index (χ0n) is 13.1. The van der Waals surface area contributed by atoms with E-state index in [1.54, 1.807) is 12.1 Å². The lowest BCUT2D eigenvalue weighted by molar-refractivity contribution is -0.152. The Balaban J connectivity index is 1.70. The first-order chi connectivity index (χ1) is 11.6. The number of benzene rings is 2. The Kier molecular flexibility index (Phi) is 3.53. The number of likely N-dealkylation sites (tertiary alicyclic amines) is 1. The minimum absolute atomic E-state index is 0.0781. The van der Waals surface area contributed by atoms with E-state index in [4.69, 9.17) is 4.74 Å². The molecular weight excluding hydrogens is 309 g/mol. The zero-order chi connectivity index (χ0) is 16.7. The van der Waals surface area contributed by atoms with Crippen molar-refractivity contribution in [3.8, 4) is 5.75 Å². The molecule has 4 rings (SSSR count). The number of ether oxygens (including phenoxy) is 1. The van der Waals surface area contributed by atoms with Crippen molar-refractivity contribution in [3.05, 3.63) is 65.5 Å². The van der Waals surface area contributed by atoms with Gasteiger partial charge in [-0.1, -0.05) is 36.4 Å². The van der Waals surface area contributed by atoms with Crippen molar-refractivity contribution in [2.24, 2.45) is 5.41 Å². The molecule has 2 heterocycles. The Morgan fingerprint density at radius 3 is 2.79 bits per heavy atom. The van der Waals surface area contributed by atoms with Crippen LogP contribution in [0.4, 0.5) is 4.39 Å². The van der Waals surface area contributed by atoms with Crippen LogP contribution in [0, 0.1) is 11.2 Å². The summed E-state index contributed by atoms with van der Waals surface area (Å²) < 4.78 is 20.0. The van der Waals surface area contributed by atoms with Crippen molar-refractivity contribution in [3.63, 3.8) is 0 Å². The maximum absolute atomic E-state index is 14.4. The van der Waals surface area contributed by atoms with Gasteiger partial charge in [0, 0.05) is 31.1 Å². The van der Waals surface area contributed by atoms with Gasteiger partial charge in [-0.2, -0.15) is 0 Å². The van der Waals surface area contributed by atoms with E-state index >= 15 is 0 Å². The molecule has 5 heteroatoms. The number of carboxylic acid groups (broad SMARTS) is 1. The predicted molar refractivity (Wildman–Crippen MR) is 86.4 cm³/mol. The van der Waals surface area contributed by atoms with Crippen LogP contribution in [0.25, 0.3) is 0 Å². The van der Waals surface area contributed by atoms with Crippen molar-refractivity contribution in [1.82, 2.24) is 4.90 Å². The molecule has 0 unspecified atom stereocenters. The molecule has 4 nitrogen and oxygen atoms in total. The maximum atomic E-state index is 14.4. The maximum Gasteiger partial charge on any atom is 0.315 e. The van der Waals surface area contributed by atoms with Gasteiger partial charge in [-0.15, -0.1) is 0 Å². The van der Waals surface area contributed by atoms with Crippen molar-refractivity contribution >= 4 is 5.97 Å². The summed E-state index contributed by atoms with van der Waals surface area (Å²) in [5.41, 5.74) is 0.428. The molecule has 0 radical (unpaired) electrons. The highest BCUT2D eigenvalue weighted by atomic mass is 19.1. The van der Waals surface area contributed by atoms with Crippen LogP contribution in [0.3, 0.4) is 0 Å². The van der Waals surface area contributed by atoms with Gasteiger partial charge in [0.05, 0.1) is 0 Å². The van der Waals surface area contributed by atoms with Crippen LogP contribution in [0.15, 0.2) is 48.5 Å². The molecule has 0 saturated carbocycles. The summed E-state index contributed by atoms with van der Waals surface area (Å²) >= 11 is 0. The molecule has 1 fully saturated rings. The molecule has 1 saturated heterocycles. The van der Waals surface area contributed by atoms with Crippen molar-refractivity contribution in [2.45, 2.75) is 12.5 Å². The van der Waals surface area contributed by atoms with Gasteiger partial charge in [0.25, 0.3) is 0 Å². The number of rotatable bonds is 3. The van der Waals surface area contributed by atoms with E-state index in [1.807, 2.05) is 30.3 Å². The van der Waals surface area contributed by atoms with Crippen molar-refractivity contribution in [2.75, 3.05) is 19.7 Å². The van der Waals surface area contributed by atoms with Gasteiger partial charge in [-0.25, -0.2) is 4.39 Å². The largest absolute Gasteiger partial charge is 0.492 e. The lowest BCUT2D eigenvalue weighted by Crippen LogP contribution is -2.46. The third-order valence-corrected chi connectivity index (χ3v) is 5.14. The third-order valence-electron chi connectivity index (χ3n) is 5.14.